The van der Waals surface area contributed by atoms with Crippen molar-refractivity contribution in [1.29, 1.82) is 0 Å². The molecule has 2 aromatic rings. The first-order chi connectivity index (χ1) is 12.2. The van der Waals surface area contributed by atoms with Gasteiger partial charge in [-0.2, -0.15) is 13.2 Å². The maximum atomic E-state index is 12.6. The van der Waals surface area contributed by atoms with Crippen LogP contribution in [-0.2, 0) is 22.3 Å². The first kappa shape index (κ1) is 19.5. The number of ether oxygens (including phenoxy) is 1. The van der Waals surface area contributed by atoms with Crippen molar-refractivity contribution in [3.05, 3.63) is 70.3 Å². The first-order valence-corrected chi connectivity index (χ1v) is 7.84. The number of rotatable bonds is 5. The molecule has 0 heterocycles. The molecule has 0 aromatic heterocycles. The molecule has 0 bridgehead atoms. The van der Waals surface area contributed by atoms with Gasteiger partial charge in [0.05, 0.1) is 11.1 Å². The quantitative estimate of drug-likeness (QED) is 0.820. The van der Waals surface area contributed by atoms with Gasteiger partial charge in [0.2, 0.25) is 0 Å². The highest BCUT2D eigenvalue weighted by molar-refractivity contribution is 5.91. The SMILES string of the molecule is Cc1ccc(C(=O)OCC(=O)NCc2cccc(C(F)(F)F)c2)cc1C. The summed E-state index contributed by atoms with van der Waals surface area (Å²) in [6, 6.07) is 9.70. The summed E-state index contributed by atoms with van der Waals surface area (Å²) in [6.45, 7) is 3.16. The van der Waals surface area contributed by atoms with E-state index in [0.29, 0.717) is 11.1 Å². The van der Waals surface area contributed by atoms with Gasteiger partial charge in [0.15, 0.2) is 6.61 Å². The Labute approximate surface area is 149 Å². The number of nitrogens with one attached hydrogen (secondary N) is 1. The molecule has 0 saturated carbocycles. The number of aryl methyl sites for hydroxylation is 2. The number of hydrogen-bond acceptors (Lipinski definition) is 3. The molecule has 138 valence electrons. The van der Waals surface area contributed by atoms with Crippen molar-refractivity contribution in [2.45, 2.75) is 26.6 Å². The first-order valence-electron chi connectivity index (χ1n) is 7.84. The number of halogens is 3. The Morgan fingerprint density at radius 1 is 1.04 bits per heavy atom. The Morgan fingerprint density at radius 3 is 2.42 bits per heavy atom. The molecule has 0 saturated heterocycles. The van der Waals surface area contributed by atoms with Crippen LogP contribution in [0.3, 0.4) is 0 Å². The molecular weight excluding hydrogens is 347 g/mol. The van der Waals surface area contributed by atoms with Crippen molar-refractivity contribution >= 4 is 11.9 Å². The molecule has 4 nitrogen and oxygen atoms in total. The van der Waals surface area contributed by atoms with Gasteiger partial charge in [-0.15, -0.1) is 0 Å². The zero-order valence-electron chi connectivity index (χ0n) is 14.3. The van der Waals surface area contributed by atoms with Crippen LogP contribution >= 0.6 is 0 Å². The predicted octanol–water partition coefficient (Wildman–Crippen LogP) is 3.80. The second-order valence-corrected chi connectivity index (χ2v) is 5.85. The fourth-order valence-electron chi connectivity index (χ4n) is 2.19. The predicted molar refractivity (Wildman–Crippen MR) is 89.5 cm³/mol. The van der Waals surface area contributed by atoms with Crippen LogP contribution in [0.1, 0.15) is 32.6 Å². The minimum Gasteiger partial charge on any atom is -0.452 e. The minimum atomic E-state index is -4.44. The number of carbonyl (C=O) groups excluding carboxylic acids is 2. The Balaban J connectivity index is 1.85. The average molecular weight is 365 g/mol. The Morgan fingerprint density at radius 2 is 1.77 bits per heavy atom. The number of esters is 1. The largest absolute Gasteiger partial charge is 0.452 e. The number of alkyl halides is 3. The fraction of sp³-hybridized carbons (Fsp3) is 0.263. The minimum absolute atomic E-state index is 0.0933. The molecule has 26 heavy (non-hydrogen) atoms. The van der Waals surface area contributed by atoms with Gasteiger partial charge in [0.25, 0.3) is 5.91 Å². The molecule has 0 aliphatic carbocycles. The molecule has 2 aromatic carbocycles. The number of hydrogen-bond donors (Lipinski definition) is 1. The lowest BCUT2D eigenvalue weighted by Crippen LogP contribution is -2.28. The summed E-state index contributed by atoms with van der Waals surface area (Å²) in [5.41, 5.74) is 1.80. The van der Waals surface area contributed by atoms with E-state index in [1.54, 1.807) is 18.2 Å². The Kier molecular flexibility index (Phi) is 6.02. The fourth-order valence-corrected chi connectivity index (χ4v) is 2.19. The zero-order chi connectivity index (χ0) is 19.3. The van der Waals surface area contributed by atoms with Crippen LogP contribution in [0.4, 0.5) is 13.2 Å². The van der Waals surface area contributed by atoms with E-state index in [2.05, 4.69) is 5.32 Å². The third-order valence-electron chi connectivity index (χ3n) is 3.82. The van der Waals surface area contributed by atoms with Crippen LogP contribution in [0.15, 0.2) is 42.5 Å². The Bertz CT molecular complexity index is 816. The number of carbonyl (C=O) groups is 2. The molecule has 0 aliphatic rings. The van der Waals surface area contributed by atoms with Crippen LogP contribution in [-0.4, -0.2) is 18.5 Å². The highest BCUT2D eigenvalue weighted by Crippen LogP contribution is 2.29. The van der Waals surface area contributed by atoms with Crippen LogP contribution < -0.4 is 5.32 Å². The maximum Gasteiger partial charge on any atom is 0.416 e. The van der Waals surface area contributed by atoms with E-state index < -0.39 is 30.2 Å². The summed E-state index contributed by atoms with van der Waals surface area (Å²) in [7, 11) is 0. The molecule has 0 aliphatic heterocycles. The lowest BCUT2D eigenvalue weighted by molar-refractivity contribution is -0.137. The van der Waals surface area contributed by atoms with Crippen LogP contribution in [0.25, 0.3) is 0 Å². The summed E-state index contributed by atoms with van der Waals surface area (Å²) in [5.74, 6) is -1.23. The lowest BCUT2D eigenvalue weighted by atomic mass is 10.1. The molecule has 2 rings (SSSR count). The molecule has 7 heteroatoms. The van der Waals surface area contributed by atoms with Crippen LogP contribution in [0, 0.1) is 13.8 Å². The van der Waals surface area contributed by atoms with Gasteiger partial charge in [-0.1, -0.05) is 18.2 Å². The highest BCUT2D eigenvalue weighted by atomic mass is 19.4. The van der Waals surface area contributed by atoms with Crippen LogP contribution in [0.2, 0.25) is 0 Å². The smallest absolute Gasteiger partial charge is 0.416 e. The van der Waals surface area contributed by atoms with Crippen molar-refractivity contribution in [1.82, 2.24) is 5.32 Å². The molecule has 1 amide bonds. The molecule has 0 radical (unpaired) electrons. The van der Waals surface area contributed by atoms with Gasteiger partial charge in [-0.05, 0) is 54.8 Å². The maximum absolute atomic E-state index is 12.6. The van der Waals surface area contributed by atoms with Gasteiger partial charge >= 0.3 is 12.1 Å². The monoisotopic (exact) mass is 365 g/mol. The molecule has 0 spiro atoms. The molecule has 1 N–H and O–H groups in total. The van der Waals surface area contributed by atoms with Gasteiger partial charge in [0, 0.05) is 6.54 Å². The second-order valence-electron chi connectivity index (χ2n) is 5.85. The Hall–Kier alpha value is -2.83. The van der Waals surface area contributed by atoms with E-state index >= 15 is 0 Å². The zero-order valence-corrected chi connectivity index (χ0v) is 14.3. The number of amides is 1. The van der Waals surface area contributed by atoms with Crippen molar-refractivity contribution in [3.8, 4) is 0 Å². The molecule has 0 fully saturated rings. The van der Waals surface area contributed by atoms with Crippen molar-refractivity contribution in [2.24, 2.45) is 0 Å². The summed E-state index contributed by atoms with van der Waals surface area (Å²) >= 11 is 0. The van der Waals surface area contributed by atoms with E-state index in [9.17, 15) is 22.8 Å². The van der Waals surface area contributed by atoms with Gasteiger partial charge in [-0.25, -0.2) is 4.79 Å². The summed E-state index contributed by atoms with van der Waals surface area (Å²) in [4.78, 5) is 23.7. The summed E-state index contributed by atoms with van der Waals surface area (Å²) < 4.78 is 42.9. The van der Waals surface area contributed by atoms with E-state index in [1.165, 1.54) is 12.1 Å². The van der Waals surface area contributed by atoms with Gasteiger partial charge in [0.1, 0.15) is 0 Å². The molecule has 0 unspecified atom stereocenters. The van der Waals surface area contributed by atoms with E-state index in [-0.39, 0.29) is 6.54 Å². The van der Waals surface area contributed by atoms with Gasteiger partial charge in [-0.3, -0.25) is 4.79 Å². The topological polar surface area (TPSA) is 55.4 Å². The van der Waals surface area contributed by atoms with Gasteiger partial charge < -0.3 is 10.1 Å². The highest BCUT2D eigenvalue weighted by Gasteiger charge is 2.30. The summed E-state index contributed by atoms with van der Waals surface area (Å²) in [5, 5.41) is 2.42. The number of benzene rings is 2. The third-order valence-corrected chi connectivity index (χ3v) is 3.82. The lowest BCUT2D eigenvalue weighted by Gasteiger charge is -2.10. The molecular formula is C19H18F3NO3. The van der Waals surface area contributed by atoms with Crippen LogP contribution in [0.5, 0.6) is 0 Å². The standard InChI is InChI=1S/C19H18F3NO3/c1-12-6-7-15(8-13(12)2)18(25)26-11-17(24)23-10-14-4-3-5-16(9-14)19(20,21)22/h3-9H,10-11H2,1-2H3,(H,23,24). The normalized spacial score (nSPS) is 11.1. The average Bonchev–Trinajstić information content (AvgIpc) is 2.59. The molecule has 0 atom stereocenters. The van der Waals surface area contributed by atoms with Crippen molar-refractivity contribution in [3.63, 3.8) is 0 Å². The van der Waals surface area contributed by atoms with E-state index in [0.717, 1.165) is 23.3 Å². The van der Waals surface area contributed by atoms with E-state index in [1.807, 2.05) is 13.8 Å². The second kappa shape index (κ2) is 8.03. The van der Waals surface area contributed by atoms with Crippen molar-refractivity contribution in [2.75, 3.05) is 6.61 Å². The summed E-state index contributed by atoms with van der Waals surface area (Å²) in [6.07, 6.45) is -4.44. The van der Waals surface area contributed by atoms with Crippen molar-refractivity contribution < 1.29 is 27.5 Å². The van der Waals surface area contributed by atoms with E-state index in [4.69, 9.17) is 4.74 Å². The third kappa shape index (κ3) is 5.34.